The average Bonchev–Trinajstić information content (AvgIpc) is 2.49. The highest BCUT2D eigenvalue weighted by Gasteiger charge is 2.40. The first-order valence-corrected chi connectivity index (χ1v) is 8.86. The molecule has 0 aromatic rings. The van der Waals surface area contributed by atoms with E-state index in [1.54, 1.807) is 7.11 Å². The van der Waals surface area contributed by atoms with Crippen molar-refractivity contribution in [2.75, 3.05) is 67.2 Å². The molecule has 4 N–H and O–H groups in total. The van der Waals surface area contributed by atoms with Gasteiger partial charge in [0.2, 0.25) is 0 Å². The molecular formula is C16H37N4O4+. The lowest BCUT2D eigenvalue weighted by atomic mass is 10.1. The third-order valence-electron chi connectivity index (χ3n) is 4.33. The zero-order chi connectivity index (χ0) is 18.2. The van der Waals surface area contributed by atoms with Crippen molar-refractivity contribution in [3.8, 4) is 0 Å². The summed E-state index contributed by atoms with van der Waals surface area (Å²) in [7, 11) is 5.49. The summed E-state index contributed by atoms with van der Waals surface area (Å²) < 4.78 is 5.87. The molecule has 1 aliphatic rings. The fraction of sp³-hybridized carbons (Fsp3) is 1.00. The number of hydrogen-bond acceptors (Lipinski definition) is 7. The third-order valence-corrected chi connectivity index (χ3v) is 4.33. The number of hydrogen-bond donors (Lipinski definition) is 3. The molecule has 1 rings (SSSR count). The molecule has 0 radical (unpaired) electrons. The lowest BCUT2D eigenvalue weighted by Crippen LogP contribution is -2.60. The Morgan fingerprint density at radius 1 is 1.38 bits per heavy atom. The topological polar surface area (TPSA) is 91.4 Å². The summed E-state index contributed by atoms with van der Waals surface area (Å²) in [5, 5.41) is 21.5. The average molecular weight is 349 g/mol. The number of nitrogens with zero attached hydrogens (tertiary/aromatic N) is 3. The van der Waals surface area contributed by atoms with Crippen LogP contribution in [0, 0.1) is 0 Å². The second-order valence-electron chi connectivity index (χ2n) is 7.20. The first-order valence-electron chi connectivity index (χ1n) is 8.86. The maximum Gasteiger partial charge on any atom is 0.179 e. The third kappa shape index (κ3) is 6.89. The molecule has 3 atom stereocenters. The Balaban J connectivity index is 2.40. The van der Waals surface area contributed by atoms with Crippen molar-refractivity contribution in [2.45, 2.75) is 38.2 Å². The molecule has 8 heteroatoms. The van der Waals surface area contributed by atoms with E-state index >= 15 is 0 Å². The van der Waals surface area contributed by atoms with Gasteiger partial charge in [0.1, 0.15) is 18.8 Å². The van der Waals surface area contributed by atoms with Gasteiger partial charge >= 0.3 is 0 Å². The smallest absolute Gasteiger partial charge is 0.179 e. The summed E-state index contributed by atoms with van der Waals surface area (Å²) >= 11 is 0. The number of quaternary nitrogens is 1. The van der Waals surface area contributed by atoms with Crippen LogP contribution >= 0.6 is 0 Å². The van der Waals surface area contributed by atoms with Gasteiger partial charge in [0.05, 0.1) is 14.1 Å². The fourth-order valence-corrected chi connectivity index (χ4v) is 3.04. The van der Waals surface area contributed by atoms with Crippen LogP contribution in [0.1, 0.15) is 19.8 Å². The fourth-order valence-electron chi connectivity index (χ4n) is 3.04. The van der Waals surface area contributed by atoms with E-state index in [4.69, 9.17) is 15.3 Å². The van der Waals surface area contributed by atoms with Gasteiger partial charge in [-0.2, -0.15) is 5.06 Å². The Labute approximate surface area is 146 Å². The molecule has 8 nitrogen and oxygen atoms in total. The minimum atomic E-state index is -0.512. The second kappa shape index (κ2) is 10.6. The predicted octanol–water partition coefficient (Wildman–Crippen LogP) is -0.977. The molecule has 1 saturated heterocycles. The van der Waals surface area contributed by atoms with Crippen molar-refractivity contribution in [1.82, 2.24) is 9.96 Å². The molecule has 0 bridgehead atoms. The van der Waals surface area contributed by atoms with E-state index in [9.17, 15) is 10.2 Å². The summed E-state index contributed by atoms with van der Waals surface area (Å²) in [5.74, 6) is 0. The Bertz CT molecular complexity index is 346. The maximum absolute atomic E-state index is 10.3. The number of nitrogens with two attached hydrogens (primary N) is 1. The van der Waals surface area contributed by atoms with Gasteiger partial charge in [0.15, 0.2) is 13.0 Å². The van der Waals surface area contributed by atoms with E-state index in [1.807, 2.05) is 19.2 Å². The van der Waals surface area contributed by atoms with E-state index in [-0.39, 0.29) is 19.1 Å². The van der Waals surface area contributed by atoms with Gasteiger partial charge in [-0.15, -0.1) is 0 Å². The summed E-state index contributed by atoms with van der Waals surface area (Å²) in [5.41, 5.74) is 5.69. The summed E-state index contributed by atoms with van der Waals surface area (Å²) in [6, 6.07) is 0. The molecule has 1 heterocycles. The van der Waals surface area contributed by atoms with E-state index in [2.05, 4.69) is 11.8 Å². The number of hydroxylamine groups is 2. The first-order chi connectivity index (χ1) is 11.4. The highest BCUT2D eigenvalue weighted by Crippen LogP contribution is 2.26. The van der Waals surface area contributed by atoms with Crippen molar-refractivity contribution >= 4 is 0 Å². The van der Waals surface area contributed by atoms with E-state index in [0.717, 1.165) is 19.4 Å². The Hall–Kier alpha value is -0.320. The Morgan fingerprint density at radius 3 is 2.62 bits per heavy atom. The summed E-state index contributed by atoms with van der Waals surface area (Å²) in [4.78, 5) is 7.90. The molecule has 0 spiro atoms. The number of likely N-dealkylation sites (N-methyl/N-ethyl adjacent to an activating group) is 1. The Morgan fingerprint density at radius 2 is 2.08 bits per heavy atom. The minimum absolute atomic E-state index is 0.00387. The number of ether oxygens (including phenoxy) is 1. The maximum atomic E-state index is 10.3. The molecule has 144 valence electrons. The van der Waals surface area contributed by atoms with Crippen LogP contribution in [-0.4, -0.2) is 110 Å². The highest BCUT2D eigenvalue weighted by molar-refractivity contribution is 4.77. The minimum Gasteiger partial charge on any atom is -0.386 e. The molecular weight excluding hydrogens is 312 g/mol. The summed E-state index contributed by atoms with van der Waals surface area (Å²) in [6.07, 6.45) is 1.72. The van der Waals surface area contributed by atoms with Gasteiger partial charge in [-0.1, -0.05) is 13.3 Å². The van der Waals surface area contributed by atoms with Gasteiger partial charge in [0.25, 0.3) is 0 Å². The lowest BCUT2D eigenvalue weighted by molar-refractivity contribution is -0.911. The molecule has 0 aliphatic carbocycles. The normalized spacial score (nSPS) is 23.5. The van der Waals surface area contributed by atoms with Gasteiger partial charge in [-0.05, 0) is 6.42 Å². The molecule has 0 aromatic carbocycles. The van der Waals surface area contributed by atoms with E-state index in [1.165, 1.54) is 0 Å². The number of aliphatic hydroxyl groups excluding tert-OH is 2. The zero-order valence-corrected chi connectivity index (χ0v) is 15.7. The number of methoxy groups -OCH3 is 1. The molecule has 1 fully saturated rings. The largest absolute Gasteiger partial charge is 0.386 e. The number of aliphatic hydroxyl groups is 2. The van der Waals surface area contributed by atoms with Crippen LogP contribution in [0.15, 0.2) is 0 Å². The van der Waals surface area contributed by atoms with Gasteiger partial charge in [-0.3, -0.25) is 9.74 Å². The molecule has 0 saturated carbocycles. The predicted molar refractivity (Wildman–Crippen MR) is 92.8 cm³/mol. The Kier molecular flexibility index (Phi) is 9.61. The van der Waals surface area contributed by atoms with Crippen LogP contribution in [0.5, 0.6) is 0 Å². The molecule has 0 amide bonds. The van der Waals surface area contributed by atoms with Gasteiger partial charge in [-0.25, -0.2) is 0 Å². The monoisotopic (exact) mass is 349 g/mol. The SMILES string of the molecule is CCCC1ON(CCN(CCN)CC(O)C[N+](C)(C)CO)C1OC. The zero-order valence-electron chi connectivity index (χ0n) is 15.7. The molecule has 3 unspecified atom stereocenters. The van der Waals surface area contributed by atoms with Crippen LogP contribution < -0.4 is 5.73 Å². The van der Waals surface area contributed by atoms with Crippen LogP contribution in [0.2, 0.25) is 0 Å². The van der Waals surface area contributed by atoms with Crippen LogP contribution in [0.4, 0.5) is 0 Å². The number of rotatable bonds is 13. The van der Waals surface area contributed by atoms with Crippen molar-refractivity contribution < 1.29 is 24.3 Å². The van der Waals surface area contributed by atoms with Crippen LogP contribution in [0.25, 0.3) is 0 Å². The standard InChI is InChI=1S/C16H37N4O4/c1-5-6-15-16(23-4)19(24-15)10-9-18(8-7-17)11-14(22)12-20(2,3)13-21/h14-16,21-22H,5-13,17H2,1-4H3/q+1. The molecule has 0 aromatic heterocycles. The van der Waals surface area contributed by atoms with Gasteiger partial charge < -0.3 is 25.2 Å². The lowest BCUT2D eigenvalue weighted by Gasteiger charge is -2.46. The van der Waals surface area contributed by atoms with Crippen LogP contribution in [-0.2, 0) is 9.57 Å². The van der Waals surface area contributed by atoms with Crippen molar-refractivity contribution in [1.29, 1.82) is 0 Å². The first kappa shape index (κ1) is 21.7. The van der Waals surface area contributed by atoms with E-state index in [0.29, 0.717) is 37.2 Å². The van der Waals surface area contributed by atoms with Crippen molar-refractivity contribution in [2.24, 2.45) is 5.73 Å². The summed E-state index contributed by atoms with van der Waals surface area (Å²) in [6.45, 7) is 5.88. The van der Waals surface area contributed by atoms with Gasteiger partial charge in [0, 0.05) is 39.8 Å². The van der Waals surface area contributed by atoms with E-state index < -0.39 is 6.10 Å². The highest BCUT2D eigenvalue weighted by atomic mass is 16.8. The second-order valence-corrected chi connectivity index (χ2v) is 7.20. The van der Waals surface area contributed by atoms with Crippen molar-refractivity contribution in [3.63, 3.8) is 0 Å². The van der Waals surface area contributed by atoms with Crippen LogP contribution in [0.3, 0.4) is 0 Å². The molecule has 1 aliphatic heterocycles. The molecule has 24 heavy (non-hydrogen) atoms. The van der Waals surface area contributed by atoms with Crippen molar-refractivity contribution in [3.05, 3.63) is 0 Å². The quantitative estimate of drug-likeness (QED) is 0.291.